The summed E-state index contributed by atoms with van der Waals surface area (Å²) in [6.45, 7) is 0. The Morgan fingerprint density at radius 2 is 1.80 bits per heavy atom. The van der Waals surface area contributed by atoms with Gasteiger partial charge in [0.1, 0.15) is 0 Å². The third-order valence-corrected chi connectivity index (χ3v) is 3.81. The van der Waals surface area contributed by atoms with Crippen LogP contribution in [0.5, 0.6) is 0 Å². The number of aliphatic hydroxyl groups excluding tert-OH is 1. The van der Waals surface area contributed by atoms with Gasteiger partial charge in [0.05, 0.1) is 6.10 Å². The number of halogens is 1. The lowest BCUT2D eigenvalue weighted by Gasteiger charge is -2.15. The SMILES string of the molecule is OC(CC1CCCC1)c1ccc(Br)cc1. The first-order valence-corrected chi connectivity index (χ1v) is 6.48. The molecular weight excluding hydrogens is 252 g/mol. The van der Waals surface area contributed by atoms with E-state index in [0.717, 1.165) is 22.4 Å². The van der Waals surface area contributed by atoms with Crippen molar-refractivity contribution in [3.63, 3.8) is 0 Å². The van der Waals surface area contributed by atoms with Crippen LogP contribution in [-0.2, 0) is 0 Å². The van der Waals surface area contributed by atoms with E-state index in [2.05, 4.69) is 15.9 Å². The predicted octanol–water partition coefficient (Wildman–Crippen LogP) is 4.06. The third-order valence-electron chi connectivity index (χ3n) is 3.29. The van der Waals surface area contributed by atoms with E-state index in [-0.39, 0.29) is 6.10 Å². The fraction of sp³-hybridized carbons (Fsp3) is 0.538. The largest absolute Gasteiger partial charge is 0.388 e. The van der Waals surface area contributed by atoms with Gasteiger partial charge in [0.2, 0.25) is 0 Å². The summed E-state index contributed by atoms with van der Waals surface area (Å²) in [5.74, 6) is 0.739. The summed E-state index contributed by atoms with van der Waals surface area (Å²) >= 11 is 3.40. The van der Waals surface area contributed by atoms with E-state index in [1.807, 2.05) is 24.3 Å². The van der Waals surface area contributed by atoms with Gasteiger partial charge in [0.25, 0.3) is 0 Å². The van der Waals surface area contributed by atoms with Gasteiger partial charge in [-0.3, -0.25) is 0 Å². The standard InChI is InChI=1S/C13H17BrO/c14-12-7-5-11(6-8-12)13(15)9-10-3-1-2-4-10/h5-8,10,13,15H,1-4,9H2. The molecule has 1 unspecified atom stereocenters. The summed E-state index contributed by atoms with van der Waals surface area (Å²) in [5, 5.41) is 10.1. The van der Waals surface area contributed by atoms with Crippen LogP contribution in [0, 0.1) is 5.92 Å². The van der Waals surface area contributed by atoms with Crippen molar-refractivity contribution in [1.29, 1.82) is 0 Å². The van der Waals surface area contributed by atoms with Gasteiger partial charge in [-0.05, 0) is 30.0 Å². The Labute approximate surface area is 99.6 Å². The van der Waals surface area contributed by atoms with Gasteiger partial charge in [0.15, 0.2) is 0 Å². The normalized spacial score (nSPS) is 19.3. The Kier molecular flexibility index (Phi) is 3.81. The molecule has 0 saturated heterocycles. The average Bonchev–Trinajstić information content (AvgIpc) is 2.71. The molecule has 1 nitrogen and oxygen atoms in total. The van der Waals surface area contributed by atoms with Crippen LogP contribution in [0.25, 0.3) is 0 Å². The Bertz CT molecular complexity index is 301. The van der Waals surface area contributed by atoms with Crippen LogP contribution in [0.4, 0.5) is 0 Å². The van der Waals surface area contributed by atoms with Gasteiger partial charge < -0.3 is 5.11 Å². The van der Waals surface area contributed by atoms with Crippen LogP contribution in [0.15, 0.2) is 28.7 Å². The fourth-order valence-electron chi connectivity index (χ4n) is 2.38. The Hall–Kier alpha value is -0.340. The van der Waals surface area contributed by atoms with E-state index in [1.165, 1.54) is 25.7 Å². The van der Waals surface area contributed by atoms with Crippen molar-refractivity contribution in [2.75, 3.05) is 0 Å². The molecule has 0 bridgehead atoms. The summed E-state index contributed by atoms with van der Waals surface area (Å²) in [7, 11) is 0. The maximum Gasteiger partial charge on any atom is 0.0792 e. The highest BCUT2D eigenvalue weighted by Crippen LogP contribution is 2.33. The number of aliphatic hydroxyl groups is 1. The van der Waals surface area contributed by atoms with Gasteiger partial charge in [-0.25, -0.2) is 0 Å². The molecule has 0 amide bonds. The molecule has 1 aromatic rings. The lowest BCUT2D eigenvalue weighted by Crippen LogP contribution is -2.04. The van der Waals surface area contributed by atoms with Gasteiger partial charge in [0, 0.05) is 4.47 Å². The molecule has 0 heterocycles. The molecular formula is C13H17BrO. The predicted molar refractivity (Wildman–Crippen MR) is 65.7 cm³/mol. The van der Waals surface area contributed by atoms with Crippen LogP contribution in [0.2, 0.25) is 0 Å². The monoisotopic (exact) mass is 268 g/mol. The minimum atomic E-state index is -0.277. The molecule has 1 aromatic carbocycles. The quantitative estimate of drug-likeness (QED) is 0.877. The molecule has 2 rings (SSSR count). The van der Waals surface area contributed by atoms with Gasteiger partial charge >= 0.3 is 0 Å². The third kappa shape index (κ3) is 3.05. The molecule has 0 aromatic heterocycles. The first kappa shape index (κ1) is 11.2. The van der Waals surface area contributed by atoms with E-state index in [9.17, 15) is 5.11 Å². The van der Waals surface area contributed by atoms with Gasteiger partial charge in [-0.15, -0.1) is 0 Å². The zero-order valence-electron chi connectivity index (χ0n) is 8.82. The van der Waals surface area contributed by atoms with Gasteiger partial charge in [-0.1, -0.05) is 53.7 Å². The summed E-state index contributed by atoms with van der Waals surface area (Å²) < 4.78 is 1.07. The second-order valence-corrected chi connectivity index (χ2v) is 5.37. The van der Waals surface area contributed by atoms with Crippen molar-refractivity contribution < 1.29 is 5.11 Å². The Morgan fingerprint density at radius 3 is 2.40 bits per heavy atom. The van der Waals surface area contributed by atoms with E-state index in [1.54, 1.807) is 0 Å². The van der Waals surface area contributed by atoms with Crippen molar-refractivity contribution in [1.82, 2.24) is 0 Å². The van der Waals surface area contributed by atoms with Crippen molar-refractivity contribution in [2.24, 2.45) is 5.92 Å². The summed E-state index contributed by atoms with van der Waals surface area (Å²) in [5.41, 5.74) is 1.05. The average molecular weight is 269 g/mol. The number of hydrogen-bond acceptors (Lipinski definition) is 1. The van der Waals surface area contributed by atoms with Crippen molar-refractivity contribution >= 4 is 15.9 Å². The molecule has 1 saturated carbocycles. The highest BCUT2D eigenvalue weighted by molar-refractivity contribution is 9.10. The topological polar surface area (TPSA) is 20.2 Å². The summed E-state index contributed by atoms with van der Waals surface area (Å²) in [6.07, 6.45) is 5.94. The van der Waals surface area contributed by atoms with Crippen molar-refractivity contribution in [3.8, 4) is 0 Å². The molecule has 0 radical (unpaired) electrons. The number of hydrogen-bond donors (Lipinski definition) is 1. The molecule has 1 aliphatic rings. The van der Waals surface area contributed by atoms with E-state index in [4.69, 9.17) is 0 Å². The molecule has 15 heavy (non-hydrogen) atoms. The first-order valence-electron chi connectivity index (χ1n) is 5.69. The van der Waals surface area contributed by atoms with Crippen molar-refractivity contribution in [3.05, 3.63) is 34.3 Å². The van der Waals surface area contributed by atoms with Crippen LogP contribution in [-0.4, -0.2) is 5.11 Å². The molecule has 1 fully saturated rings. The first-order chi connectivity index (χ1) is 7.25. The molecule has 0 spiro atoms. The van der Waals surface area contributed by atoms with Gasteiger partial charge in [-0.2, -0.15) is 0 Å². The van der Waals surface area contributed by atoms with Crippen molar-refractivity contribution in [2.45, 2.75) is 38.2 Å². The minimum absolute atomic E-state index is 0.277. The number of benzene rings is 1. The van der Waals surface area contributed by atoms with E-state index >= 15 is 0 Å². The van der Waals surface area contributed by atoms with Crippen LogP contribution < -0.4 is 0 Å². The highest BCUT2D eigenvalue weighted by atomic mass is 79.9. The lowest BCUT2D eigenvalue weighted by atomic mass is 9.96. The van der Waals surface area contributed by atoms with Crippen LogP contribution in [0.1, 0.15) is 43.8 Å². The lowest BCUT2D eigenvalue weighted by molar-refractivity contribution is 0.145. The molecule has 82 valence electrons. The van der Waals surface area contributed by atoms with Crippen LogP contribution >= 0.6 is 15.9 Å². The molecule has 1 N–H and O–H groups in total. The molecule has 1 aliphatic carbocycles. The van der Waals surface area contributed by atoms with E-state index < -0.39 is 0 Å². The van der Waals surface area contributed by atoms with E-state index in [0.29, 0.717) is 0 Å². The Morgan fingerprint density at radius 1 is 1.20 bits per heavy atom. The molecule has 2 heteroatoms. The second-order valence-electron chi connectivity index (χ2n) is 4.45. The zero-order chi connectivity index (χ0) is 10.7. The maximum atomic E-state index is 10.1. The summed E-state index contributed by atoms with van der Waals surface area (Å²) in [4.78, 5) is 0. The number of rotatable bonds is 3. The minimum Gasteiger partial charge on any atom is -0.388 e. The van der Waals surface area contributed by atoms with Crippen LogP contribution in [0.3, 0.4) is 0 Å². The smallest absolute Gasteiger partial charge is 0.0792 e. The zero-order valence-corrected chi connectivity index (χ0v) is 10.4. The Balaban J connectivity index is 1.94. The fourth-order valence-corrected chi connectivity index (χ4v) is 2.65. The molecule has 0 aliphatic heterocycles. The second kappa shape index (κ2) is 5.13. The highest BCUT2D eigenvalue weighted by Gasteiger charge is 2.19. The maximum absolute atomic E-state index is 10.1. The molecule has 1 atom stereocenters. The summed E-state index contributed by atoms with van der Waals surface area (Å²) in [6, 6.07) is 7.99.